The highest BCUT2D eigenvalue weighted by Crippen LogP contribution is 2.43. The van der Waals surface area contributed by atoms with Gasteiger partial charge in [-0.15, -0.1) is 22.6 Å². The van der Waals surface area contributed by atoms with Crippen LogP contribution >= 0.6 is 12.4 Å². The molecule has 7 heteroatoms. The first-order chi connectivity index (χ1) is 13.7. The van der Waals surface area contributed by atoms with Crippen molar-refractivity contribution in [2.24, 2.45) is 23.5 Å². The summed E-state index contributed by atoms with van der Waals surface area (Å²) in [5.41, 5.74) is 6.45. The van der Waals surface area contributed by atoms with Crippen molar-refractivity contribution in [3.8, 4) is 0 Å². The zero-order chi connectivity index (χ0) is 19.1. The maximum absolute atomic E-state index is 13.4. The van der Waals surface area contributed by atoms with Gasteiger partial charge < -0.3 is 15.2 Å². The highest BCUT2D eigenvalue weighted by Gasteiger charge is 2.42. The molecule has 2 aliphatic heterocycles. The number of rotatable bonds is 2. The van der Waals surface area contributed by atoms with E-state index < -0.39 is 0 Å². The Morgan fingerprint density at radius 1 is 0.931 bits per heavy atom. The molecule has 0 spiro atoms. The second-order valence-electron chi connectivity index (χ2n) is 9.76. The SMILES string of the molecule is Cl.NC1C2CCCC1CC(C(=O)N1CCCC(c3nnc4n3CCCCC4)C1)C2. The van der Waals surface area contributed by atoms with Gasteiger partial charge in [0, 0.05) is 43.9 Å². The van der Waals surface area contributed by atoms with E-state index in [1.54, 1.807) is 0 Å². The number of piperidine rings is 1. The second kappa shape index (κ2) is 8.93. The van der Waals surface area contributed by atoms with Crippen LogP contribution in [0.25, 0.3) is 0 Å². The summed E-state index contributed by atoms with van der Waals surface area (Å²) in [6, 6.07) is 0.332. The molecular formula is C22H36ClN5O. The standard InChI is InChI=1S/C22H35N5O.ClH/c23-20-15-6-4-7-16(20)13-18(12-15)22(28)26-10-5-8-17(14-26)21-25-24-19-9-2-1-3-11-27(19)21;/h15-18,20H,1-14,23H2;1H. The van der Waals surface area contributed by atoms with Gasteiger partial charge in [-0.3, -0.25) is 4.79 Å². The summed E-state index contributed by atoms with van der Waals surface area (Å²) in [4.78, 5) is 15.5. The van der Waals surface area contributed by atoms with Crippen LogP contribution in [0.4, 0.5) is 0 Å². The van der Waals surface area contributed by atoms with E-state index >= 15 is 0 Å². The van der Waals surface area contributed by atoms with E-state index in [-0.39, 0.29) is 18.3 Å². The van der Waals surface area contributed by atoms with Gasteiger partial charge >= 0.3 is 0 Å². The van der Waals surface area contributed by atoms with Crippen molar-refractivity contribution in [2.45, 2.75) is 89.1 Å². The van der Waals surface area contributed by atoms with Crippen molar-refractivity contribution in [1.82, 2.24) is 19.7 Å². The summed E-state index contributed by atoms with van der Waals surface area (Å²) in [5.74, 6) is 4.36. The average molecular weight is 422 g/mol. The summed E-state index contributed by atoms with van der Waals surface area (Å²) >= 11 is 0. The zero-order valence-corrected chi connectivity index (χ0v) is 18.3. The summed E-state index contributed by atoms with van der Waals surface area (Å²) in [6.45, 7) is 2.79. The fourth-order valence-electron chi connectivity index (χ4n) is 6.45. The van der Waals surface area contributed by atoms with Gasteiger partial charge in [-0.2, -0.15) is 0 Å². The number of fused-ring (bicyclic) bond motifs is 3. The predicted molar refractivity (Wildman–Crippen MR) is 115 cm³/mol. The third-order valence-corrected chi connectivity index (χ3v) is 8.00. The van der Waals surface area contributed by atoms with Gasteiger partial charge in [-0.05, 0) is 63.2 Å². The molecule has 1 amide bonds. The topological polar surface area (TPSA) is 77.0 Å². The van der Waals surface area contributed by atoms with E-state index in [4.69, 9.17) is 5.73 Å². The molecule has 5 rings (SSSR count). The van der Waals surface area contributed by atoms with E-state index in [1.165, 1.54) is 38.5 Å². The normalized spacial score (nSPS) is 34.7. The van der Waals surface area contributed by atoms with Gasteiger partial charge in [-0.1, -0.05) is 12.8 Å². The van der Waals surface area contributed by atoms with E-state index in [9.17, 15) is 4.79 Å². The van der Waals surface area contributed by atoms with Crippen LogP contribution in [0, 0.1) is 17.8 Å². The number of hydrogen-bond donors (Lipinski definition) is 1. The molecule has 3 heterocycles. The predicted octanol–water partition coefficient (Wildman–Crippen LogP) is 3.29. The Hall–Kier alpha value is -1.14. The zero-order valence-electron chi connectivity index (χ0n) is 17.5. The number of carbonyl (C=O) groups is 1. The number of halogens is 1. The Labute approximate surface area is 180 Å². The Bertz CT molecular complexity index is 708. The molecule has 3 atom stereocenters. The monoisotopic (exact) mass is 421 g/mol. The molecule has 0 aromatic carbocycles. The molecule has 2 aliphatic carbocycles. The van der Waals surface area contributed by atoms with Crippen molar-refractivity contribution in [1.29, 1.82) is 0 Å². The lowest BCUT2D eigenvalue weighted by molar-refractivity contribution is -0.140. The van der Waals surface area contributed by atoms with Crippen molar-refractivity contribution in [3.05, 3.63) is 11.6 Å². The fraction of sp³-hybridized carbons (Fsp3) is 0.864. The smallest absolute Gasteiger partial charge is 0.225 e. The van der Waals surface area contributed by atoms with Crippen molar-refractivity contribution in [2.75, 3.05) is 13.1 Å². The highest BCUT2D eigenvalue weighted by molar-refractivity contribution is 5.85. The maximum atomic E-state index is 13.4. The van der Waals surface area contributed by atoms with Gasteiger partial charge in [-0.25, -0.2) is 0 Å². The first kappa shape index (κ1) is 21.1. The van der Waals surface area contributed by atoms with Crippen LogP contribution in [-0.2, 0) is 17.8 Å². The molecule has 1 aromatic rings. The minimum absolute atomic E-state index is 0. The summed E-state index contributed by atoms with van der Waals surface area (Å²) in [7, 11) is 0. The lowest BCUT2D eigenvalue weighted by Gasteiger charge is -2.45. The van der Waals surface area contributed by atoms with Crippen molar-refractivity contribution >= 4 is 18.3 Å². The quantitative estimate of drug-likeness (QED) is 0.794. The van der Waals surface area contributed by atoms with E-state index in [0.717, 1.165) is 63.4 Å². The first-order valence-electron chi connectivity index (χ1n) is 11.7. The van der Waals surface area contributed by atoms with Crippen LogP contribution in [0.15, 0.2) is 0 Å². The molecule has 2 saturated carbocycles. The molecule has 1 saturated heterocycles. The minimum Gasteiger partial charge on any atom is -0.342 e. The number of nitrogens with two attached hydrogens (primary N) is 1. The molecule has 6 nitrogen and oxygen atoms in total. The Kier molecular flexibility index (Phi) is 6.50. The van der Waals surface area contributed by atoms with E-state index in [0.29, 0.717) is 29.7 Å². The first-order valence-corrected chi connectivity index (χ1v) is 11.7. The molecule has 4 aliphatic rings. The second-order valence-corrected chi connectivity index (χ2v) is 9.76. The van der Waals surface area contributed by atoms with E-state index in [1.807, 2.05) is 0 Å². The third kappa shape index (κ3) is 4.07. The minimum atomic E-state index is 0. The van der Waals surface area contributed by atoms with Crippen molar-refractivity contribution in [3.63, 3.8) is 0 Å². The lowest BCUT2D eigenvalue weighted by atomic mass is 9.65. The van der Waals surface area contributed by atoms with Crippen LogP contribution in [0.3, 0.4) is 0 Å². The largest absolute Gasteiger partial charge is 0.342 e. The van der Waals surface area contributed by atoms with Crippen molar-refractivity contribution < 1.29 is 4.79 Å². The summed E-state index contributed by atoms with van der Waals surface area (Å²) < 4.78 is 2.37. The summed E-state index contributed by atoms with van der Waals surface area (Å²) in [6.07, 6.45) is 12.7. The number of carbonyl (C=O) groups excluding carboxylic acids is 1. The fourth-order valence-corrected chi connectivity index (χ4v) is 6.45. The molecule has 162 valence electrons. The highest BCUT2D eigenvalue weighted by atomic mass is 35.5. The number of hydrogen-bond acceptors (Lipinski definition) is 4. The number of amides is 1. The van der Waals surface area contributed by atoms with Crippen LogP contribution in [0.1, 0.15) is 81.8 Å². The molecule has 2 N–H and O–H groups in total. The van der Waals surface area contributed by atoms with Crippen LogP contribution in [-0.4, -0.2) is 44.7 Å². The molecule has 29 heavy (non-hydrogen) atoms. The van der Waals surface area contributed by atoms with Gasteiger partial charge in [0.15, 0.2) is 0 Å². The van der Waals surface area contributed by atoms with Crippen LogP contribution < -0.4 is 5.73 Å². The van der Waals surface area contributed by atoms with Gasteiger partial charge in [0.25, 0.3) is 0 Å². The molecule has 2 bridgehead atoms. The van der Waals surface area contributed by atoms with Gasteiger partial charge in [0.1, 0.15) is 11.6 Å². The molecular weight excluding hydrogens is 386 g/mol. The average Bonchev–Trinajstić information content (AvgIpc) is 2.96. The van der Waals surface area contributed by atoms with Gasteiger partial charge in [0.2, 0.25) is 5.91 Å². The van der Waals surface area contributed by atoms with E-state index in [2.05, 4.69) is 19.7 Å². The molecule has 0 radical (unpaired) electrons. The maximum Gasteiger partial charge on any atom is 0.225 e. The lowest BCUT2D eigenvalue weighted by Crippen LogP contribution is -2.51. The number of aryl methyl sites for hydroxylation is 1. The number of aromatic nitrogens is 3. The van der Waals surface area contributed by atoms with Crippen LogP contribution in [0.2, 0.25) is 0 Å². The Morgan fingerprint density at radius 2 is 1.72 bits per heavy atom. The Morgan fingerprint density at radius 3 is 2.52 bits per heavy atom. The third-order valence-electron chi connectivity index (χ3n) is 8.00. The van der Waals surface area contributed by atoms with Gasteiger partial charge in [0.05, 0.1) is 0 Å². The van der Waals surface area contributed by atoms with Crippen LogP contribution in [0.5, 0.6) is 0 Å². The molecule has 1 aromatic heterocycles. The molecule has 3 fully saturated rings. The number of likely N-dealkylation sites (tertiary alicyclic amines) is 1. The summed E-state index contributed by atoms with van der Waals surface area (Å²) in [5, 5.41) is 9.08. The molecule has 3 unspecified atom stereocenters. The number of nitrogens with zero attached hydrogens (tertiary/aromatic N) is 4. The Balaban J connectivity index is 0.00000205.